The molecule has 1 fully saturated rings. The van der Waals surface area contributed by atoms with E-state index in [1.54, 1.807) is 5.32 Å². The first-order valence-corrected chi connectivity index (χ1v) is 11.4. The molecule has 2 aromatic rings. The van der Waals surface area contributed by atoms with E-state index in [1.165, 1.54) is 25.1 Å². The first-order valence-electron chi connectivity index (χ1n) is 11.4. The Morgan fingerprint density at radius 1 is 0.976 bits per heavy atom. The van der Waals surface area contributed by atoms with Gasteiger partial charge in [-0.2, -0.15) is 58.2 Å². The number of alkyl halides is 12. The van der Waals surface area contributed by atoms with Gasteiger partial charge in [-0.05, 0) is 36.2 Å². The van der Waals surface area contributed by atoms with Gasteiger partial charge in [0.25, 0.3) is 5.91 Å². The third-order valence-electron chi connectivity index (χ3n) is 5.39. The average molecular weight is 628 g/mol. The largest absolute Gasteiger partial charge is 0.433 e. The van der Waals surface area contributed by atoms with E-state index in [0.29, 0.717) is 17.2 Å². The Morgan fingerprint density at radius 2 is 1.60 bits per heavy atom. The van der Waals surface area contributed by atoms with Crippen molar-refractivity contribution in [3.8, 4) is 0 Å². The van der Waals surface area contributed by atoms with E-state index in [9.17, 15) is 62.3 Å². The van der Waals surface area contributed by atoms with Crippen molar-refractivity contribution in [1.82, 2.24) is 21.1 Å². The number of hydrogen-bond acceptors (Lipinski definition) is 5. The molecule has 19 heteroatoms. The third kappa shape index (κ3) is 10.7. The van der Waals surface area contributed by atoms with Gasteiger partial charge < -0.3 is 10.6 Å². The molecule has 3 N–H and O–H groups in total. The molecule has 2 unspecified atom stereocenters. The number of aromatic nitrogens is 1. The average Bonchev–Trinajstić information content (AvgIpc) is 3.34. The summed E-state index contributed by atoms with van der Waals surface area (Å²) < 4.78 is 144. The van der Waals surface area contributed by atoms with Crippen LogP contribution in [0.4, 0.5) is 52.7 Å². The highest BCUT2D eigenvalue weighted by atomic mass is 19.4. The van der Waals surface area contributed by atoms with E-state index >= 15 is 0 Å². The first-order chi connectivity index (χ1) is 19.2. The quantitative estimate of drug-likeness (QED) is 0.356. The molecule has 0 radical (unpaired) electrons. The maximum Gasteiger partial charge on any atom is 0.433 e. The number of rotatable bonds is 6. The van der Waals surface area contributed by atoms with E-state index < -0.39 is 79.2 Å². The lowest BCUT2D eigenvalue weighted by molar-refractivity contribution is -0.146. The van der Waals surface area contributed by atoms with E-state index in [-0.39, 0.29) is 18.1 Å². The molecule has 1 aliphatic rings. The fourth-order valence-electron chi connectivity index (χ4n) is 3.56. The summed E-state index contributed by atoms with van der Waals surface area (Å²) >= 11 is 0. The van der Waals surface area contributed by atoms with Crippen LogP contribution in [0.5, 0.6) is 0 Å². The summed E-state index contributed by atoms with van der Waals surface area (Å²) in [6, 6.07) is 3.99. The van der Waals surface area contributed by atoms with Gasteiger partial charge in [0.15, 0.2) is 0 Å². The molecule has 0 aliphatic carbocycles. The fourth-order valence-corrected chi connectivity index (χ4v) is 3.56. The zero-order valence-electron chi connectivity index (χ0n) is 20.9. The van der Waals surface area contributed by atoms with Crippen molar-refractivity contribution in [2.75, 3.05) is 13.1 Å². The van der Waals surface area contributed by atoms with Gasteiger partial charge in [-0.3, -0.25) is 14.4 Å². The second-order valence-electron chi connectivity index (χ2n) is 8.57. The van der Waals surface area contributed by atoms with Crippen LogP contribution < -0.4 is 16.1 Å². The maximum atomic E-state index is 13.1. The minimum Gasteiger partial charge on any atom is -0.345 e. The molecular weight excluding hydrogens is 608 g/mol. The molecule has 7 nitrogen and oxygen atoms in total. The molecule has 0 bridgehead atoms. The lowest BCUT2D eigenvalue weighted by Gasteiger charge is -2.15. The Hall–Kier alpha value is -3.61. The molecule has 1 saturated heterocycles. The topological polar surface area (TPSA) is 92.3 Å². The fraction of sp³-hybridized carbons (Fsp3) is 0.435. The first kappa shape index (κ1) is 34.6. The van der Waals surface area contributed by atoms with Crippen LogP contribution in [0.2, 0.25) is 0 Å². The number of nitrogens with zero attached hydrogens (tertiary/aromatic N) is 1. The lowest BCUT2D eigenvalue weighted by atomic mass is 9.96. The number of halogens is 12. The van der Waals surface area contributed by atoms with Crippen molar-refractivity contribution in [3.63, 3.8) is 0 Å². The maximum absolute atomic E-state index is 13.1. The number of amides is 2. The van der Waals surface area contributed by atoms with Crippen LogP contribution in [0.1, 0.15) is 57.0 Å². The van der Waals surface area contributed by atoms with Crippen LogP contribution >= 0.6 is 0 Å². The van der Waals surface area contributed by atoms with Crippen LogP contribution in [0.25, 0.3) is 0 Å². The smallest absolute Gasteiger partial charge is 0.345 e. The standard InChI is InChI=1S/C22H19F9N4O3.CHF3/c1-10-4-11(2-3-13(10)19(37)32-8-18(36)33-9-20(23,24)25)14-7-16(38-35-14)15-5-12(21(26,27)28)6-17(34-15)22(29,30)31;2-1(3)4/h2-6,14,16,35H,7-9H2,1H3,(H,32,37)(H,33,36);1H. The van der Waals surface area contributed by atoms with Gasteiger partial charge in [-0.15, -0.1) is 0 Å². The molecular formula is C23H20F12N4O3. The van der Waals surface area contributed by atoms with Gasteiger partial charge in [0.1, 0.15) is 18.3 Å². The van der Waals surface area contributed by atoms with Crippen LogP contribution in [0, 0.1) is 6.92 Å². The highest BCUT2D eigenvalue weighted by Crippen LogP contribution is 2.39. The molecule has 0 spiro atoms. The second-order valence-corrected chi connectivity index (χ2v) is 8.57. The Bertz CT molecular complexity index is 1210. The van der Waals surface area contributed by atoms with E-state index in [1.807, 2.05) is 0 Å². The van der Waals surface area contributed by atoms with Crippen molar-refractivity contribution >= 4 is 11.8 Å². The van der Waals surface area contributed by atoms with Gasteiger partial charge in [0.05, 0.1) is 23.8 Å². The van der Waals surface area contributed by atoms with Gasteiger partial charge in [0.2, 0.25) is 5.91 Å². The summed E-state index contributed by atoms with van der Waals surface area (Å²) in [5, 5.41) is 3.78. The molecule has 1 aromatic carbocycles. The van der Waals surface area contributed by atoms with Crippen LogP contribution in [0.3, 0.4) is 0 Å². The number of hydroxylamine groups is 1. The molecule has 3 rings (SSSR count). The summed E-state index contributed by atoms with van der Waals surface area (Å²) in [5.74, 6) is -1.81. The van der Waals surface area contributed by atoms with Crippen molar-refractivity contribution in [2.45, 2.75) is 50.7 Å². The minimum absolute atomic E-state index is 0.0854. The SMILES string of the molecule is Cc1cc(C2CC(c3cc(C(F)(F)F)cc(C(F)(F)F)n3)ON2)ccc1C(=O)NCC(=O)NCC(F)(F)F.FC(F)F. The molecule has 1 aromatic heterocycles. The Kier molecular flexibility index (Phi) is 11.2. The second kappa shape index (κ2) is 13.6. The summed E-state index contributed by atoms with van der Waals surface area (Å²) in [4.78, 5) is 32.3. The zero-order chi connectivity index (χ0) is 32.0. The highest BCUT2D eigenvalue weighted by molar-refractivity contribution is 5.97. The van der Waals surface area contributed by atoms with Crippen LogP contribution in [-0.4, -0.2) is 42.7 Å². The van der Waals surface area contributed by atoms with Crippen LogP contribution in [-0.2, 0) is 22.0 Å². The van der Waals surface area contributed by atoms with Gasteiger partial charge >= 0.3 is 25.2 Å². The Morgan fingerprint density at radius 3 is 2.12 bits per heavy atom. The predicted octanol–water partition coefficient (Wildman–Crippen LogP) is 5.72. The number of pyridine rings is 1. The molecule has 2 atom stereocenters. The zero-order valence-corrected chi connectivity index (χ0v) is 20.9. The van der Waals surface area contributed by atoms with E-state index in [4.69, 9.17) is 4.84 Å². The Labute approximate surface area is 228 Å². The van der Waals surface area contributed by atoms with Crippen LogP contribution in [0.15, 0.2) is 30.3 Å². The van der Waals surface area contributed by atoms with Gasteiger partial charge in [0, 0.05) is 12.0 Å². The molecule has 42 heavy (non-hydrogen) atoms. The van der Waals surface area contributed by atoms with Crippen molar-refractivity contribution < 1.29 is 67.1 Å². The number of hydrogen-bond donors (Lipinski definition) is 3. The molecule has 2 heterocycles. The summed E-state index contributed by atoms with van der Waals surface area (Å²) in [7, 11) is 0. The molecule has 0 saturated carbocycles. The number of carbonyl (C=O) groups excluding carboxylic acids is 2. The lowest BCUT2D eigenvalue weighted by Crippen LogP contribution is -2.41. The van der Waals surface area contributed by atoms with Crippen molar-refractivity contribution in [1.29, 1.82) is 0 Å². The van der Waals surface area contributed by atoms with E-state index in [0.717, 1.165) is 0 Å². The molecule has 1 aliphatic heterocycles. The molecule has 234 valence electrons. The summed E-state index contributed by atoms with van der Waals surface area (Å²) in [6.07, 6.45) is -16.1. The molecule has 2 amide bonds. The normalized spacial score (nSPS) is 17.5. The van der Waals surface area contributed by atoms with E-state index in [2.05, 4.69) is 15.8 Å². The van der Waals surface area contributed by atoms with Gasteiger partial charge in [-0.1, -0.05) is 12.1 Å². The summed E-state index contributed by atoms with van der Waals surface area (Å²) in [6.45, 7) is -4.42. The number of benzene rings is 1. The monoisotopic (exact) mass is 628 g/mol. The third-order valence-corrected chi connectivity index (χ3v) is 5.39. The highest BCUT2D eigenvalue weighted by Gasteiger charge is 2.40. The van der Waals surface area contributed by atoms with Gasteiger partial charge in [-0.25, -0.2) is 4.98 Å². The number of carbonyl (C=O) groups is 2. The Balaban J connectivity index is 0.00000144. The number of aryl methyl sites for hydroxylation is 1. The minimum atomic E-state index is -5.12. The summed E-state index contributed by atoms with van der Waals surface area (Å²) in [5.41, 5.74) is -0.344. The van der Waals surface area contributed by atoms with Crippen molar-refractivity contribution in [2.24, 2.45) is 0 Å². The van der Waals surface area contributed by atoms with Crippen molar-refractivity contribution in [3.05, 3.63) is 64.0 Å². The predicted molar refractivity (Wildman–Crippen MR) is 118 cm³/mol. The number of nitrogens with one attached hydrogen (secondary N) is 3.